The summed E-state index contributed by atoms with van der Waals surface area (Å²) in [6.45, 7) is 4.03. The Labute approximate surface area is 239 Å². The van der Waals surface area contributed by atoms with Crippen molar-refractivity contribution in [2.75, 3.05) is 40.3 Å². The minimum absolute atomic E-state index is 0.0509. The van der Waals surface area contributed by atoms with E-state index in [0.29, 0.717) is 43.4 Å². The monoisotopic (exact) mass is 564 g/mol. The quantitative estimate of drug-likeness (QED) is 0.265. The first kappa shape index (κ1) is 31.7. The lowest BCUT2D eigenvalue weighted by molar-refractivity contribution is -0.130. The van der Waals surface area contributed by atoms with E-state index in [9.17, 15) is 14.7 Å². The van der Waals surface area contributed by atoms with Crippen molar-refractivity contribution >= 4 is 23.5 Å². The largest absolute Gasteiger partial charge is 0.385 e. The van der Waals surface area contributed by atoms with Crippen LogP contribution in [0.15, 0.2) is 24.3 Å². The maximum Gasteiger partial charge on any atom is 0.317 e. The summed E-state index contributed by atoms with van der Waals surface area (Å²) >= 11 is 6.33. The van der Waals surface area contributed by atoms with Gasteiger partial charge in [-0.2, -0.15) is 0 Å². The number of hydrogen-bond acceptors (Lipinski definition) is 5. The Morgan fingerprint density at radius 1 is 1.21 bits per heavy atom. The van der Waals surface area contributed by atoms with E-state index in [4.69, 9.17) is 16.3 Å². The molecule has 2 fully saturated rings. The number of piperidine rings is 1. The molecular weight excluding hydrogens is 516 g/mol. The number of carbonyl (C=O) groups excluding carboxylic acids is 2. The maximum atomic E-state index is 13.4. The molecule has 8 nitrogen and oxygen atoms in total. The minimum Gasteiger partial charge on any atom is -0.385 e. The highest BCUT2D eigenvalue weighted by atomic mass is 35.5. The molecule has 1 aliphatic heterocycles. The predicted molar refractivity (Wildman–Crippen MR) is 156 cm³/mol. The van der Waals surface area contributed by atoms with E-state index in [2.05, 4.69) is 16.0 Å². The number of urea groups is 1. The standard InChI is InChI=1S/C30H49ClN4O4/c1-22(39-3)28(36)33-16-9-15-30(38,24-12-7-14-26(31)19-24)25-13-8-17-35(21-25)29(37)34-27(20-32-2)18-23-10-5-4-6-11-23/h7,12,14,19,22-23,25,27,32,38H,4-6,8-11,13,15-18,20-21H2,1-3H3,(H,33,36)(H,34,37)/t22?,25?,27?,30-/m1/s1. The third-order valence-electron chi connectivity index (χ3n) is 8.59. The molecule has 4 N–H and O–H groups in total. The maximum absolute atomic E-state index is 13.4. The first-order chi connectivity index (χ1) is 18.8. The van der Waals surface area contributed by atoms with Crippen LogP contribution in [0.25, 0.3) is 0 Å². The number of likely N-dealkylation sites (N-methyl/N-ethyl adjacent to an activating group) is 1. The Hall–Kier alpha value is -1.87. The number of nitrogens with zero attached hydrogens (tertiary/aromatic N) is 1. The topological polar surface area (TPSA) is 103 Å². The van der Waals surface area contributed by atoms with E-state index in [1.54, 1.807) is 13.0 Å². The number of amides is 3. The summed E-state index contributed by atoms with van der Waals surface area (Å²) in [6, 6.07) is 7.42. The molecule has 4 atom stereocenters. The number of likely N-dealkylation sites (tertiary alicyclic amines) is 1. The van der Waals surface area contributed by atoms with Crippen LogP contribution in [0.3, 0.4) is 0 Å². The van der Waals surface area contributed by atoms with E-state index in [1.807, 2.05) is 30.1 Å². The van der Waals surface area contributed by atoms with E-state index in [-0.39, 0.29) is 23.9 Å². The lowest BCUT2D eigenvalue weighted by Crippen LogP contribution is -2.54. The van der Waals surface area contributed by atoms with Gasteiger partial charge in [0, 0.05) is 50.3 Å². The molecule has 0 radical (unpaired) electrons. The molecule has 1 aliphatic carbocycles. The van der Waals surface area contributed by atoms with Crippen LogP contribution >= 0.6 is 11.6 Å². The first-order valence-corrected chi connectivity index (χ1v) is 15.1. The summed E-state index contributed by atoms with van der Waals surface area (Å²) < 4.78 is 5.08. The summed E-state index contributed by atoms with van der Waals surface area (Å²) in [6.07, 6.45) is 9.53. The fourth-order valence-electron chi connectivity index (χ4n) is 6.24. The van der Waals surface area contributed by atoms with Gasteiger partial charge in [-0.15, -0.1) is 0 Å². The number of halogens is 1. The van der Waals surface area contributed by atoms with Gasteiger partial charge >= 0.3 is 6.03 Å². The Balaban J connectivity index is 1.67. The molecule has 9 heteroatoms. The smallest absolute Gasteiger partial charge is 0.317 e. The van der Waals surface area contributed by atoms with E-state index in [0.717, 1.165) is 31.4 Å². The van der Waals surface area contributed by atoms with Crippen LogP contribution in [0.1, 0.15) is 76.7 Å². The summed E-state index contributed by atoms with van der Waals surface area (Å²) in [5, 5.41) is 22.2. The van der Waals surface area contributed by atoms with Gasteiger partial charge in [-0.3, -0.25) is 4.79 Å². The molecular formula is C30H49ClN4O4. The highest BCUT2D eigenvalue weighted by molar-refractivity contribution is 6.30. The van der Waals surface area contributed by atoms with E-state index in [1.165, 1.54) is 39.2 Å². The Kier molecular flexibility index (Phi) is 12.8. The second kappa shape index (κ2) is 15.8. The number of carbonyl (C=O) groups is 2. The summed E-state index contributed by atoms with van der Waals surface area (Å²) in [4.78, 5) is 27.4. The first-order valence-electron chi connectivity index (χ1n) is 14.8. The molecule has 1 saturated heterocycles. The predicted octanol–water partition coefficient (Wildman–Crippen LogP) is 4.44. The Morgan fingerprint density at radius 3 is 2.67 bits per heavy atom. The number of rotatable bonds is 13. The number of hydrogen-bond donors (Lipinski definition) is 4. The van der Waals surface area contributed by atoms with Crippen LogP contribution in [-0.4, -0.2) is 74.4 Å². The molecule has 220 valence electrons. The highest BCUT2D eigenvalue weighted by Crippen LogP contribution is 2.40. The third kappa shape index (κ3) is 9.34. The zero-order valence-corrected chi connectivity index (χ0v) is 24.8. The SMILES string of the molecule is CNCC(CC1CCCCC1)NC(=O)N1CCCC([C@@](O)(CCCNC(=O)C(C)OC)c2cccc(Cl)c2)C1. The fourth-order valence-corrected chi connectivity index (χ4v) is 6.43. The molecule has 0 spiro atoms. The lowest BCUT2D eigenvalue weighted by atomic mass is 9.74. The number of benzene rings is 1. The highest BCUT2D eigenvalue weighted by Gasteiger charge is 2.41. The van der Waals surface area contributed by atoms with Gasteiger partial charge in [-0.05, 0) is 69.7 Å². The average molecular weight is 565 g/mol. The van der Waals surface area contributed by atoms with Gasteiger partial charge in [-0.1, -0.05) is 55.8 Å². The van der Waals surface area contributed by atoms with Gasteiger partial charge in [0.05, 0.1) is 5.60 Å². The van der Waals surface area contributed by atoms with Crippen molar-refractivity contribution in [3.05, 3.63) is 34.9 Å². The molecule has 1 aromatic carbocycles. The van der Waals surface area contributed by atoms with Crippen molar-refractivity contribution in [3.63, 3.8) is 0 Å². The van der Waals surface area contributed by atoms with Crippen molar-refractivity contribution < 1.29 is 19.4 Å². The Morgan fingerprint density at radius 2 is 1.97 bits per heavy atom. The minimum atomic E-state index is -1.17. The number of methoxy groups -OCH3 is 1. The summed E-state index contributed by atoms with van der Waals surface area (Å²) in [7, 11) is 3.44. The Bertz CT molecular complexity index is 913. The van der Waals surface area contributed by atoms with Gasteiger partial charge in [0.2, 0.25) is 5.91 Å². The van der Waals surface area contributed by atoms with Crippen molar-refractivity contribution in [2.24, 2.45) is 11.8 Å². The van der Waals surface area contributed by atoms with Crippen molar-refractivity contribution in [1.82, 2.24) is 20.9 Å². The van der Waals surface area contributed by atoms with Crippen molar-refractivity contribution in [3.8, 4) is 0 Å². The molecule has 3 unspecified atom stereocenters. The number of nitrogens with one attached hydrogen (secondary N) is 3. The molecule has 1 aromatic rings. The number of aliphatic hydroxyl groups is 1. The number of ether oxygens (including phenoxy) is 1. The van der Waals surface area contributed by atoms with Crippen LogP contribution in [0.5, 0.6) is 0 Å². The third-order valence-corrected chi connectivity index (χ3v) is 8.82. The van der Waals surface area contributed by atoms with Gasteiger partial charge in [0.1, 0.15) is 6.10 Å². The van der Waals surface area contributed by atoms with Crippen LogP contribution in [-0.2, 0) is 15.1 Å². The van der Waals surface area contributed by atoms with Gasteiger partial charge in [0.15, 0.2) is 0 Å². The average Bonchev–Trinajstić information content (AvgIpc) is 2.95. The molecule has 39 heavy (non-hydrogen) atoms. The lowest BCUT2D eigenvalue weighted by Gasteiger charge is -2.43. The van der Waals surface area contributed by atoms with Crippen molar-refractivity contribution in [2.45, 2.75) is 88.9 Å². The summed E-state index contributed by atoms with van der Waals surface area (Å²) in [5.41, 5.74) is -0.419. The fraction of sp³-hybridized carbons (Fsp3) is 0.733. The molecule has 2 aliphatic rings. The van der Waals surface area contributed by atoms with Crippen LogP contribution < -0.4 is 16.0 Å². The second-order valence-corrected chi connectivity index (χ2v) is 11.9. The van der Waals surface area contributed by atoms with Crippen LogP contribution in [0.4, 0.5) is 4.79 Å². The molecule has 0 aromatic heterocycles. The molecule has 1 saturated carbocycles. The molecule has 3 rings (SSSR count). The van der Waals surface area contributed by atoms with Gasteiger partial charge in [-0.25, -0.2) is 4.79 Å². The van der Waals surface area contributed by atoms with Crippen molar-refractivity contribution in [1.29, 1.82) is 0 Å². The molecule has 1 heterocycles. The molecule has 0 bridgehead atoms. The molecule has 3 amide bonds. The zero-order chi connectivity index (χ0) is 28.3. The van der Waals surface area contributed by atoms with E-state index < -0.39 is 11.7 Å². The van der Waals surface area contributed by atoms with Crippen LogP contribution in [0, 0.1) is 11.8 Å². The van der Waals surface area contributed by atoms with Crippen LogP contribution in [0.2, 0.25) is 5.02 Å². The normalized spacial score (nSPS) is 21.6. The van der Waals surface area contributed by atoms with Gasteiger partial charge < -0.3 is 30.7 Å². The van der Waals surface area contributed by atoms with E-state index >= 15 is 0 Å². The zero-order valence-electron chi connectivity index (χ0n) is 24.0. The second-order valence-electron chi connectivity index (χ2n) is 11.4. The summed E-state index contributed by atoms with van der Waals surface area (Å²) in [5.74, 6) is 0.352. The van der Waals surface area contributed by atoms with Gasteiger partial charge in [0.25, 0.3) is 0 Å².